The van der Waals surface area contributed by atoms with Crippen LogP contribution in [0.25, 0.3) is 16.6 Å². The number of fused-ring (bicyclic) bond motifs is 3. The van der Waals surface area contributed by atoms with Crippen LogP contribution in [-0.2, 0) is 4.74 Å². The summed E-state index contributed by atoms with van der Waals surface area (Å²) in [7, 11) is 0. The Morgan fingerprint density at radius 2 is 1.79 bits per heavy atom. The molecule has 1 amide bonds. The number of anilines is 1. The average Bonchev–Trinajstić information content (AvgIpc) is 3.62. The zero-order chi connectivity index (χ0) is 26.4. The van der Waals surface area contributed by atoms with Gasteiger partial charge in [-0.05, 0) is 20.8 Å². The van der Waals surface area contributed by atoms with E-state index in [1.807, 2.05) is 31.9 Å². The fourth-order valence-corrected chi connectivity index (χ4v) is 9.86. The monoisotopic (exact) mass is 571 g/mol. The molecule has 2 aliphatic heterocycles. The minimum absolute atomic E-state index is 0.147. The number of amides is 1. The van der Waals surface area contributed by atoms with Crippen molar-refractivity contribution in [2.75, 3.05) is 18.0 Å². The van der Waals surface area contributed by atoms with E-state index in [1.54, 1.807) is 0 Å². The van der Waals surface area contributed by atoms with Crippen molar-refractivity contribution in [1.82, 2.24) is 19.7 Å². The van der Waals surface area contributed by atoms with Crippen molar-refractivity contribution >= 4 is 46.3 Å². The first kappa shape index (κ1) is 25.0. The van der Waals surface area contributed by atoms with Gasteiger partial charge in [0.15, 0.2) is 0 Å². The van der Waals surface area contributed by atoms with E-state index in [2.05, 4.69) is 83.2 Å². The molecule has 2 aliphatic rings. The summed E-state index contributed by atoms with van der Waals surface area (Å²) in [6, 6.07) is 23.9. The molecule has 0 spiro atoms. The molecule has 8 heteroatoms. The third-order valence-corrected chi connectivity index (χ3v) is 12.3. The number of piperazine rings is 1. The predicted molar refractivity (Wildman–Crippen MR) is 153 cm³/mol. The first-order chi connectivity index (χ1) is 18.3. The fourth-order valence-electron chi connectivity index (χ4n) is 5.70. The number of ether oxygens (including phenoxy) is 1. The van der Waals surface area contributed by atoms with E-state index in [4.69, 9.17) is 14.8 Å². The van der Waals surface area contributed by atoms with E-state index >= 15 is 0 Å². The molecule has 3 unspecified atom stereocenters. The summed E-state index contributed by atoms with van der Waals surface area (Å²) in [6.07, 6.45) is 2.66. The Morgan fingerprint density at radius 3 is 2.50 bits per heavy atom. The third kappa shape index (κ3) is 4.58. The number of pyridine rings is 1. The Morgan fingerprint density at radius 1 is 1.03 bits per heavy atom. The zero-order valence-electron chi connectivity index (χ0n) is 22.4. The summed E-state index contributed by atoms with van der Waals surface area (Å²) >= 11 is -1.49. The maximum atomic E-state index is 12.8. The van der Waals surface area contributed by atoms with Gasteiger partial charge in [-0.2, -0.15) is 0 Å². The van der Waals surface area contributed by atoms with E-state index in [-0.39, 0.29) is 18.2 Å². The van der Waals surface area contributed by atoms with Crippen LogP contribution in [0.5, 0.6) is 0 Å². The number of benzene rings is 2. The normalized spacial score (nSPS) is 19.8. The van der Waals surface area contributed by atoms with Crippen LogP contribution in [0.15, 0.2) is 72.9 Å². The molecule has 0 N–H and O–H groups in total. The molecule has 2 aromatic carbocycles. The molecular formula is C30H34AsN5O2. The van der Waals surface area contributed by atoms with Crippen LogP contribution in [0, 0.1) is 0 Å². The van der Waals surface area contributed by atoms with E-state index in [0.717, 1.165) is 40.6 Å². The van der Waals surface area contributed by atoms with Crippen LogP contribution in [0.2, 0.25) is 5.21 Å². The first-order valence-corrected chi connectivity index (χ1v) is 16.6. The molecule has 2 aromatic heterocycles. The number of rotatable bonds is 5. The summed E-state index contributed by atoms with van der Waals surface area (Å²) in [5.74, 6) is 0.989. The molecule has 0 saturated carbocycles. The number of aromatic nitrogens is 3. The van der Waals surface area contributed by atoms with Gasteiger partial charge in [0.2, 0.25) is 0 Å². The van der Waals surface area contributed by atoms with Crippen LogP contribution < -0.4 is 13.7 Å². The van der Waals surface area contributed by atoms with Gasteiger partial charge < -0.3 is 0 Å². The van der Waals surface area contributed by atoms with Crippen molar-refractivity contribution < 1.29 is 9.53 Å². The van der Waals surface area contributed by atoms with Crippen LogP contribution in [0.3, 0.4) is 0 Å². The zero-order valence-corrected chi connectivity index (χ0v) is 24.3. The van der Waals surface area contributed by atoms with E-state index < -0.39 is 20.3 Å². The quantitative estimate of drug-likeness (QED) is 0.336. The number of para-hydroxylation sites is 1. The molecule has 0 radical (unpaired) electrons. The van der Waals surface area contributed by atoms with Gasteiger partial charge in [0.1, 0.15) is 5.60 Å². The standard InChI is InChI=1S/C30H34AsN5O2/c1-5-31(21-11-7-6-8-12-21)27-18-22(15-16-32-27)36-26-14-10-9-13-25(26)28(33-36)34-19-24-17-23(34)20-35(24)29(37)38-30(2,3)4/h6-16,18,23-24H,5,17,19-20H2,1-4H3. The second-order valence-corrected chi connectivity index (χ2v) is 16.2. The van der Waals surface area contributed by atoms with Crippen LogP contribution >= 0.6 is 0 Å². The van der Waals surface area contributed by atoms with Crippen LogP contribution in [-0.4, -0.2) is 71.2 Å². The van der Waals surface area contributed by atoms with Gasteiger partial charge in [0.05, 0.1) is 0 Å². The third-order valence-electron chi connectivity index (χ3n) is 7.34. The summed E-state index contributed by atoms with van der Waals surface area (Å²) in [4.78, 5) is 21.9. The molecule has 4 aromatic rings. The van der Waals surface area contributed by atoms with E-state index in [0.29, 0.717) is 6.54 Å². The number of hydrogen-bond acceptors (Lipinski definition) is 5. The number of hydrogen-bond donors (Lipinski definition) is 0. The van der Waals surface area contributed by atoms with Gasteiger partial charge in [-0.3, -0.25) is 0 Å². The van der Waals surface area contributed by atoms with Crippen molar-refractivity contribution in [2.45, 2.75) is 57.0 Å². The Hall–Kier alpha value is -3.31. The topological polar surface area (TPSA) is 63.5 Å². The van der Waals surface area contributed by atoms with Gasteiger partial charge >= 0.3 is 203 Å². The Balaban J connectivity index is 1.32. The van der Waals surface area contributed by atoms with Crippen molar-refractivity contribution in [1.29, 1.82) is 0 Å². The summed E-state index contributed by atoms with van der Waals surface area (Å²) < 4.78 is 10.3. The summed E-state index contributed by atoms with van der Waals surface area (Å²) in [6.45, 7) is 9.46. The van der Waals surface area contributed by atoms with Crippen LogP contribution in [0.4, 0.5) is 10.6 Å². The van der Waals surface area contributed by atoms with Crippen molar-refractivity contribution in [3.63, 3.8) is 0 Å². The molecule has 196 valence electrons. The van der Waals surface area contributed by atoms with Crippen molar-refractivity contribution in [3.8, 4) is 5.69 Å². The molecular weight excluding hydrogens is 537 g/mol. The van der Waals surface area contributed by atoms with Gasteiger partial charge in [0.25, 0.3) is 0 Å². The van der Waals surface area contributed by atoms with E-state index in [1.165, 1.54) is 8.83 Å². The van der Waals surface area contributed by atoms with Gasteiger partial charge in [-0.15, -0.1) is 0 Å². The molecule has 3 atom stereocenters. The fraction of sp³-hybridized carbons (Fsp3) is 0.367. The summed E-state index contributed by atoms with van der Waals surface area (Å²) in [5.41, 5.74) is 1.64. The maximum absolute atomic E-state index is 12.8. The van der Waals surface area contributed by atoms with Crippen molar-refractivity contribution in [2.24, 2.45) is 0 Å². The molecule has 4 heterocycles. The van der Waals surface area contributed by atoms with Gasteiger partial charge in [-0.25, -0.2) is 0 Å². The van der Waals surface area contributed by atoms with Gasteiger partial charge in [0, 0.05) is 0 Å². The summed E-state index contributed by atoms with van der Waals surface area (Å²) in [5, 5.41) is 7.43. The number of carbonyl (C=O) groups excluding carboxylic acids is 1. The first-order valence-electron chi connectivity index (χ1n) is 13.4. The average molecular weight is 572 g/mol. The van der Waals surface area contributed by atoms with E-state index in [9.17, 15) is 4.79 Å². The van der Waals surface area contributed by atoms with Crippen molar-refractivity contribution in [3.05, 3.63) is 72.9 Å². The SMILES string of the molecule is CC[As](c1ccccc1)c1cc(-n2nc(N3CC4CC3CN4C(=O)OC(C)(C)C)c3ccccc32)ccn1. The molecule has 2 saturated heterocycles. The molecule has 2 bridgehead atoms. The molecule has 38 heavy (non-hydrogen) atoms. The second kappa shape index (κ2) is 9.77. The number of carbonyl (C=O) groups is 1. The Bertz CT molecular complexity index is 1460. The molecule has 0 aliphatic carbocycles. The minimum atomic E-state index is -1.49. The predicted octanol–water partition coefficient (Wildman–Crippen LogP) is 4.25. The Kier molecular flexibility index (Phi) is 6.43. The number of likely N-dealkylation sites (tertiary alicyclic amines) is 1. The second-order valence-electron chi connectivity index (χ2n) is 11.0. The molecule has 6 rings (SSSR count). The molecule has 2 fully saturated rings. The van der Waals surface area contributed by atoms with Gasteiger partial charge in [-0.1, -0.05) is 0 Å². The molecule has 7 nitrogen and oxygen atoms in total. The van der Waals surface area contributed by atoms with Crippen LogP contribution in [0.1, 0.15) is 34.1 Å². The Labute approximate surface area is 228 Å². The number of nitrogens with zero attached hydrogens (tertiary/aromatic N) is 5.